The fourth-order valence-corrected chi connectivity index (χ4v) is 2.92. The summed E-state index contributed by atoms with van der Waals surface area (Å²) in [6.45, 7) is 4.01. The standard InChI is InChI=1S/C18H20O4/c1-3-5-11-9-13-10-12(17(19)20)7-8-14(13)15(6-4-2)16(11)18(21)22/h7-10H,3-6H2,1-2H3,(H,19,20)(H,21,22). The minimum atomic E-state index is -0.974. The topological polar surface area (TPSA) is 74.6 Å². The molecule has 2 rings (SSSR count). The Labute approximate surface area is 129 Å². The highest BCUT2D eigenvalue weighted by molar-refractivity contribution is 6.02. The molecule has 22 heavy (non-hydrogen) atoms. The van der Waals surface area contributed by atoms with E-state index in [1.165, 1.54) is 6.07 Å². The summed E-state index contributed by atoms with van der Waals surface area (Å²) in [6, 6.07) is 6.72. The molecule has 0 bridgehead atoms. The molecule has 0 aliphatic carbocycles. The molecule has 4 heteroatoms. The highest BCUT2D eigenvalue weighted by atomic mass is 16.4. The molecule has 2 aromatic rings. The van der Waals surface area contributed by atoms with Gasteiger partial charge in [-0.2, -0.15) is 0 Å². The van der Waals surface area contributed by atoms with E-state index in [9.17, 15) is 14.7 Å². The van der Waals surface area contributed by atoms with Crippen LogP contribution < -0.4 is 0 Å². The van der Waals surface area contributed by atoms with Crippen LogP contribution in [0.3, 0.4) is 0 Å². The Morgan fingerprint density at radius 3 is 2.18 bits per heavy atom. The van der Waals surface area contributed by atoms with Gasteiger partial charge in [-0.15, -0.1) is 0 Å². The summed E-state index contributed by atoms with van der Waals surface area (Å²) in [5, 5.41) is 20.4. The van der Waals surface area contributed by atoms with Crippen molar-refractivity contribution >= 4 is 22.7 Å². The molecule has 2 aromatic carbocycles. The molecule has 2 N–H and O–H groups in total. The van der Waals surface area contributed by atoms with Crippen molar-refractivity contribution in [3.8, 4) is 0 Å². The maximum Gasteiger partial charge on any atom is 0.336 e. The number of fused-ring (bicyclic) bond motifs is 1. The number of hydrogen-bond donors (Lipinski definition) is 2. The predicted molar refractivity (Wildman–Crippen MR) is 85.9 cm³/mol. The maximum absolute atomic E-state index is 11.7. The van der Waals surface area contributed by atoms with Gasteiger partial charge in [0.2, 0.25) is 0 Å². The normalized spacial score (nSPS) is 10.8. The largest absolute Gasteiger partial charge is 0.478 e. The van der Waals surface area contributed by atoms with Crippen molar-refractivity contribution in [3.63, 3.8) is 0 Å². The van der Waals surface area contributed by atoms with Crippen molar-refractivity contribution < 1.29 is 19.8 Å². The quantitative estimate of drug-likeness (QED) is 0.840. The summed E-state index contributed by atoms with van der Waals surface area (Å²) in [6.07, 6.45) is 3.02. The minimum absolute atomic E-state index is 0.223. The molecule has 4 nitrogen and oxygen atoms in total. The third kappa shape index (κ3) is 2.96. The Balaban J connectivity index is 2.82. The van der Waals surface area contributed by atoms with Gasteiger partial charge in [0.1, 0.15) is 0 Å². The van der Waals surface area contributed by atoms with Crippen LogP contribution in [0, 0.1) is 0 Å². The fraction of sp³-hybridized carbons (Fsp3) is 0.333. The van der Waals surface area contributed by atoms with E-state index in [0.29, 0.717) is 18.4 Å². The van der Waals surface area contributed by atoms with Gasteiger partial charge in [0.15, 0.2) is 0 Å². The number of aromatic carboxylic acids is 2. The van der Waals surface area contributed by atoms with Crippen LogP contribution in [0.1, 0.15) is 58.5 Å². The van der Waals surface area contributed by atoms with E-state index in [1.54, 1.807) is 12.1 Å². The fourth-order valence-electron chi connectivity index (χ4n) is 2.92. The van der Waals surface area contributed by atoms with Crippen LogP contribution in [0.4, 0.5) is 0 Å². The van der Waals surface area contributed by atoms with Gasteiger partial charge in [-0.3, -0.25) is 0 Å². The molecule has 116 valence electrons. The van der Waals surface area contributed by atoms with Crippen LogP contribution in [0.2, 0.25) is 0 Å². The van der Waals surface area contributed by atoms with E-state index in [-0.39, 0.29) is 5.56 Å². The molecular formula is C18H20O4. The van der Waals surface area contributed by atoms with Gasteiger partial charge < -0.3 is 10.2 Å². The van der Waals surface area contributed by atoms with Crippen molar-refractivity contribution in [3.05, 3.63) is 46.5 Å². The van der Waals surface area contributed by atoms with Crippen molar-refractivity contribution in [1.82, 2.24) is 0 Å². The number of aryl methyl sites for hydroxylation is 2. The zero-order chi connectivity index (χ0) is 16.3. The Hall–Kier alpha value is -2.36. The van der Waals surface area contributed by atoms with Gasteiger partial charge in [0, 0.05) is 0 Å². The highest BCUT2D eigenvalue weighted by Gasteiger charge is 2.19. The summed E-state index contributed by atoms with van der Waals surface area (Å²) in [5.74, 6) is -1.88. The first-order valence-electron chi connectivity index (χ1n) is 7.54. The van der Waals surface area contributed by atoms with E-state index >= 15 is 0 Å². The van der Waals surface area contributed by atoms with Crippen molar-refractivity contribution in [1.29, 1.82) is 0 Å². The molecule has 0 aliphatic heterocycles. The monoisotopic (exact) mass is 300 g/mol. The molecule has 0 aliphatic rings. The Morgan fingerprint density at radius 2 is 1.64 bits per heavy atom. The molecule has 0 amide bonds. The maximum atomic E-state index is 11.7. The van der Waals surface area contributed by atoms with Crippen LogP contribution in [-0.4, -0.2) is 22.2 Å². The second-order valence-corrected chi connectivity index (χ2v) is 5.44. The third-order valence-electron chi connectivity index (χ3n) is 3.81. The first-order valence-corrected chi connectivity index (χ1v) is 7.54. The SMILES string of the molecule is CCCc1cc2cc(C(=O)O)ccc2c(CCC)c1C(=O)O. The number of carboxylic acids is 2. The van der Waals surface area contributed by atoms with Crippen LogP contribution in [0.15, 0.2) is 24.3 Å². The van der Waals surface area contributed by atoms with E-state index < -0.39 is 11.9 Å². The van der Waals surface area contributed by atoms with Crippen molar-refractivity contribution in [2.24, 2.45) is 0 Å². The zero-order valence-electron chi connectivity index (χ0n) is 12.8. The second-order valence-electron chi connectivity index (χ2n) is 5.44. The van der Waals surface area contributed by atoms with Crippen LogP contribution >= 0.6 is 0 Å². The minimum Gasteiger partial charge on any atom is -0.478 e. The number of carboxylic acid groups (broad SMARTS) is 2. The van der Waals surface area contributed by atoms with E-state index in [2.05, 4.69) is 0 Å². The van der Waals surface area contributed by atoms with Crippen molar-refractivity contribution in [2.75, 3.05) is 0 Å². The molecule has 0 saturated carbocycles. The molecule has 0 heterocycles. The van der Waals surface area contributed by atoms with Gasteiger partial charge in [-0.05, 0) is 46.9 Å². The van der Waals surface area contributed by atoms with E-state index in [4.69, 9.17) is 5.11 Å². The lowest BCUT2D eigenvalue weighted by molar-refractivity contribution is 0.0684. The lowest BCUT2D eigenvalue weighted by Crippen LogP contribution is -2.09. The molecular weight excluding hydrogens is 280 g/mol. The molecule has 0 unspecified atom stereocenters. The summed E-state index contributed by atoms with van der Waals surface area (Å²) in [7, 11) is 0. The smallest absolute Gasteiger partial charge is 0.336 e. The average molecular weight is 300 g/mol. The number of benzene rings is 2. The van der Waals surface area contributed by atoms with Gasteiger partial charge in [0.05, 0.1) is 11.1 Å². The lowest BCUT2D eigenvalue weighted by Gasteiger charge is -2.15. The van der Waals surface area contributed by atoms with Gasteiger partial charge in [-0.25, -0.2) is 9.59 Å². The van der Waals surface area contributed by atoms with Gasteiger partial charge in [0.25, 0.3) is 0 Å². The Bertz CT molecular complexity index is 731. The van der Waals surface area contributed by atoms with E-state index in [1.807, 2.05) is 19.9 Å². The summed E-state index contributed by atoms with van der Waals surface area (Å²) >= 11 is 0. The average Bonchev–Trinajstić information content (AvgIpc) is 2.46. The van der Waals surface area contributed by atoms with Crippen LogP contribution in [0.5, 0.6) is 0 Å². The molecule has 0 fully saturated rings. The first-order chi connectivity index (χ1) is 10.5. The first kappa shape index (κ1) is 16.0. The number of hydrogen-bond acceptors (Lipinski definition) is 2. The Kier molecular flexibility index (Phi) is 4.81. The lowest BCUT2D eigenvalue weighted by atomic mass is 9.89. The number of carbonyl (C=O) groups is 2. The predicted octanol–water partition coefficient (Wildman–Crippen LogP) is 4.14. The summed E-state index contributed by atoms with van der Waals surface area (Å²) in [4.78, 5) is 22.9. The zero-order valence-corrected chi connectivity index (χ0v) is 12.8. The van der Waals surface area contributed by atoms with E-state index in [0.717, 1.165) is 34.7 Å². The van der Waals surface area contributed by atoms with Crippen LogP contribution in [-0.2, 0) is 12.8 Å². The number of rotatable bonds is 6. The molecule has 0 spiro atoms. The van der Waals surface area contributed by atoms with Gasteiger partial charge >= 0.3 is 11.9 Å². The molecule has 0 radical (unpaired) electrons. The van der Waals surface area contributed by atoms with Crippen molar-refractivity contribution in [2.45, 2.75) is 39.5 Å². The second kappa shape index (κ2) is 6.60. The van der Waals surface area contributed by atoms with Crippen LogP contribution in [0.25, 0.3) is 10.8 Å². The Morgan fingerprint density at radius 1 is 0.955 bits per heavy atom. The third-order valence-corrected chi connectivity index (χ3v) is 3.81. The summed E-state index contributed by atoms with van der Waals surface area (Å²) < 4.78 is 0. The molecule has 0 atom stereocenters. The molecule has 0 saturated heterocycles. The molecule has 0 aromatic heterocycles. The highest BCUT2D eigenvalue weighted by Crippen LogP contribution is 2.29. The van der Waals surface area contributed by atoms with Gasteiger partial charge in [-0.1, -0.05) is 38.8 Å². The summed E-state index contributed by atoms with van der Waals surface area (Å²) in [5.41, 5.74) is 2.21.